The van der Waals surface area contributed by atoms with Crippen LogP contribution in [0.5, 0.6) is 0 Å². The summed E-state index contributed by atoms with van der Waals surface area (Å²) in [5, 5.41) is 8.78. The van der Waals surface area contributed by atoms with Crippen molar-refractivity contribution in [3.63, 3.8) is 0 Å². The maximum absolute atomic E-state index is 14.5. The fraction of sp³-hybridized carbons (Fsp3) is 0.455. The highest BCUT2D eigenvalue weighted by Crippen LogP contribution is 2.47. The Morgan fingerprint density at radius 1 is 1.26 bits per heavy atom. The number of carboxylic acids is 1. The van der Waals surface area contributed by atoms with Gasteiger partial charge in [0.15, 0.2) is 15.6 Å². The van der Waals surface area contributed by atoms with Crippen LogP contribution in [0.2, 0.25) is 5.02 Å². The molecular formula is C22H23ClFNO5S. The van der Waals surface area contributed by atoms with E-state index in [4.69, 9.17) is 11.6 Å². The van der Waals surface area contributed by atoms with Gasteiger partial charge >= 0.3 is 5.97 Å². The van der Waals surface area contributed by atoms with Gasteiger partial charge in [-0.2, -0.15) is 0 Å². The monoisotopic (exact) mass is 467 g/mol. The van der Waals surface area contributed by atoms with Crippen LogP contribution in [0, 0.1) is 0 Å². The number of halogens is 2. The Kier molecular flexibility index (Phi) is 5.72. The Balaban J connectivity index is 1.88. The molecule has 1 aromatic carbocycles. The zero-order chi connectivity index (χ0) is 22.5. The number of fused-ring (bicyclic) bond motifs is 3. The normalized spacial score (nSPS) is 22.7. The molecule has 0 amide bonds. The molecule has 1 N–H and O–H groups in total. The van der Waals surface area contributed by atoms with E-state index in [1.807, 2.05) is 4.57 Å². The fourth-order valence-electron chi connectivity index (χ4n) is 4.99. The second-order valence-corrected chi connectivity index (χ2v) is 11.1. The maximum Gasteiger partial charge on any atom is 0.304 e. The number of Topliss-reactive ketones (excluding diaryl/α,β-unsaturated/α-hetero) is 1. The van der Waals surface area contributed by atoms with Crippen molar-refractivity contribution in [3.05, 3.63) is 57.4 Å². The molecule has 4 rings (SSSR count). The molecule has 0 saturated heterocycles. The quantitative estimate of drug-likeness (QED) is 0.650. The van der Waals surface area contributed by atoms with Crippen molar-refractivity contribution in [1.82, 2.24) is 4.57 Å². The molecule has 31 heavy (non-hydrogen) atoms. The van der Waals surface area contributed by atoms with E-state index in [1.54, 1.807) is 24.3 Å². The van der Waals surface area contributed by atoms with Crippen LogP contribution in [0.15, 0.2) is 24.3 Å². The predicted molar refractivity (Wildman–Crippen MR) is 114 cm³/mol. The Morgan fingerprint density at radius 3 is 2.55 bits per heavy atom. The Labute approximate surface area is 184 Å². The number of benzene rings is 1. The van der Waals surface area contributed by atoms with E-state index in [2.05, 4.69) is 0 Å². The van der Waals surface area contributed by atoms with Gasteiger partial charge in [-0.25, -0.2) is 12.8 Å². The van der Waals surface area contributed by atoms with Crippen LogP contribution in [0.1, 0.15) is 63.3 Å². The van der Waals surface area contributed by atoms with Gasteiger partial charge in [-0.3, -0.25) is 9.59 Å². The molecule has 0 spiro atoms. The summed E-state index contributed by atoms with van der Waals surface area (Å²) in [6.07, 6.45) is -0.0457. The number of aliphatic carboxylic acids is 1. The first kappa shape index (κ1) is 22.0. The summed E-state index contributed by atoms with van der Waals surface area (Å²) in [7, 11) is -3.67. The van der Waals surface area contributed by atoms with Gasteiger partial charge in [0.1, 0.15) is 6.17 Å². The lowest BCUT2D eigenvalue weighted by Gasteiger charge is -2.26. The van der Waals surface area contributed by atoms with Crippen LogP contribution in [0.25, 0.3) is 0 Å². The first-order valence-electron chi connectivity index (χ1n) is 10.1. The molecule has 1 aromatic heterocycles. The van der Waals surface area contributed by atoms with Crippen molar-refractivity contribution >= 4 is 33.2 Å². The van der Waals surface area contributed by atoms with Crippen LogP contribution in [-0.4, -0.2) is 42.3 Å². The second-order valence-electron chi connectivity index (χ2n) is 8.44. The molecule has 2 aromatic rings. The molecule has 0 saturated carbocycles. The average Bonchev–Trinajstić information content (AvgIpc) is 3.20. The predicted octanol–water partition coefficient (Wildman–Crippen LogP) is 3.90. The number of aromatic nitrogens is 1. The van der Waals surface area contributed by atoms with Crippen molar-refractivity contribution < 1.29 is 27.5 Å². The third kappa shape index (κ3) is 4.15. The number of alkyl halides is 1. The van der Waals surface area contributed by atoms with Crippen molar-refractivity contribution in [2.45, 2.75) is 56.0 Å². The van der Waals surface area contributed by atoms with E-state index in [9.17, 15) is 27.5 Å². The van der Waals surface area contributed by atoms with Gasteiger partial charge in [-0.1, -0.05) is 23.7 Å². The number of carbonyl (C=O) groups excluding carboxylic acids is 1. The largest absolute Gasteiger partial charge is 0.481 e. The first-order chi connectivity index (χ1) is 14.6. The number of nitrogens with zero attached hydrogens (tertiary/aromatic N) is 1. The van der Waals surface area contributed by atoms with E-state index in [1.165, 1.54) is 0 Å². The third-order valence-corrected chi connectivity index (χ3v) is 7.96. The Hall–Kier alpha value is -2.19. The topological polar surface area (TPSA) is 93.4 Å². The molecule has 2 heterocycles. The van der Waals surface area contributed by atoms with Crippen LogP contribution in [0.4, 0.5) is 4.39 Å². The molecule has 0 radical (unpaired) electrons. The maximum atomic E-state index is 14.5. The van der Waals surface area contributed by atoms with Gasteiger partial charge in [0.25, 0.3) is 0 Å². The highest BCUT2D eigenvalue weighted by atomic mass is 35.5. The van der Waals surface area contributed by atoms with E-state index in [-0.39, 0.29) is 37.0 Å². The number of carbonyl (C=O) groups is 2. The Bertz CT molecular complexity index is 1160. The lowest BCUT2D eigenvalue weighted by Crippen LogP contribution is -2.27. The SMILES string of the molecule is CS(=O)(=O)C1CC(F)Cc2c1c(C(=O)Cc1ccc(Cl)cc1)c1n2CCC1CC(=O)O. The molecule has 0 fully saturated rings. The summed E-state index contributed by atoms with van der Waals surface area (Å²) < 4.78 is 41.5. The first-order valence-corrected chi connectivity index (χ1v) is 12.5. The summed E-state index contributed by atoms with van der Waals surface area (Å²) in [5.41, 5.74) is 2.44. The van der Waals surface area contributed by atoms with Crippen LogP contribution < -0.4 is 0 Å². The van der Waals surface area contributed by atoms with Crippen molar-refractivity contribution in [1.29, 1.82) is 0 Å². The van der Waals surface area contributed by atoms with Crippen molar-refractivity contribution in [3.8, 4) is 0 Å². The van der Waals surface area contributed by atoms with Crippen LogP contribution in [-0.2, 0) is 34.0 Å². The molecular weight excluding hydrogens is 445 g/mol. The minimum atomic E-state index is -3.67. The molecule has 1 aliphatic heterocycles. The average molecular weight is 468 g/mol. The van der Waals surface area contributed by atoms with Gasteiger partial charge in [-0.15, -0.1) is 0 Å². The zero-order valence-corrected chi connectivity index (χ0v) is 18.5. The van der Waals surface area contributed by atoms with E-state index >= 15 is 0 Å². The van der Waals surface area contributed by atoms with Crippen LogP contribution >= 0.6 is 11.6 Å². The molecule has 0 bridgehead atoms. The summed E-state index contributed by atoms with van der Waals surface area (Å²) in [4.78, 5) is 24.9. The standard InChI is InChI=1S/C22H23ClFNO5S/c1-31(29,30)18-11-15(24)10-16-20(18)21(17(26)8-12-2-4-14(23)5-3-12)22-13(9-19(27)28)6-7-25(16)22/h2-5,13,15,18H,6-11H2,1H3,(H,27,28). The van der Waals surface area contributed by atoms with E-state index in [0.717, 1.165) is 6.26 Å². The van der Waals surface area contributed by atoms with E-state index < -0.39 is 33.1 Å². The highest BCUT2D eigenvalue weighted by molar-refractivity contribution is 7.90. The Morgan fingerprint density at radius 2 is 1.94 bits per heavy atom. The summed E-state index contributed by atoms with van der Waals surface area (Å²) in [6, 6.07) is 6.79. The second kappa shape index (κ2) is 8.06. The minimum Gasteiger partial charge on any atom is -0.481 e. The number of sulfone groups is 1. The molecule has 6 nitrogen and oxygen atoms in total. The lowest BCUT2D eigenvalue weighted by atomic mass is 9.86. The number of ketones is 1. The number of carboxylic acid groups (broad SMARTS) is 1. The molecule has 166 valence electrons. The van der Waals surface area contributed by atoms with Gasteiger partial charge in [-0.05, 0) is 30.5 Å². The minimum absolute atomic E-state index is 0.0238. The van der Waals surface area contributed by atoms with Crippen molar-refractivity contribution in [2.75, 3.05) is 6.26 Å². The summed E-state index contributed by atoms with van der Waals surface area (Å²) >= 11 is 5.92. The summed E-state index contributed by atoms with van der Waals surface area (Å²) in [6.45, 7) is 0.451. The fourth-order valence-corrected chi connectivity index (χ4v) is 6.35. The number of hydrogen-bond acceptors (Lipinski definition) is 4. The smallest absolute Gasteiger partial charge is 0.304 e. The van der Waals surface area contributed by atoms with E-state index in [0.29, 0.717) is 40.5 Å². The third-order valence-electron chi connectivity index (χ3n) is 6.24. The lowest BCUT2D eigenvalue weighted by molar-refractivity contribution is -0.137. The van der Waals surface area contributed by atoms with Gasteiger partial charge in [0.05, 0.1) is 11.7 Å². The van der Waals surface area contributed by atoms with Crippen molar-refractivity contribution in [2.24, 2.45) is 0 Å². The van der Waals surface area contributed by atoms with Gasteiger partial charge < -0.3 is 9.67 Å². The molecule has 9 heteroatoms. The zero-order valence-electron chi connectivity index (χ0n) is 17.0. The molecule has 1 aliphatic carbocycles. The molecule has 2 aliphatic rings. The van der Waals surface area contributed by atoms with Crippen LogP contribution in [0.3, 0.4) is 0 Å². The number of hydrogen-bond donors (Lipinski definition) is 1. The number of rotatable bonds is 6. The van der Waals surface area contributed by atoms with Gasteiger partial charge in [0, 0.05) is 59.1 Å². The van der Waals surface area contributed by atoms with Gasteiger partial charge in [0.2, 0.25) is 0 Å². The molecule has 3 unspecified atom stereocenters. The highest BCUT2D eigenvalue weighted by Gasteiger charge is 2.44. The molecule has 3 atom stereocenters. The summed E-state index contributed by atoms with van der Waals surface area (Å²) in [5.74, 6) is -1.68.